The van der Waals surface area contributed by atoms with E-state index in [4.69, 9.17) is 0 Å². The molecule has 108 valence electrons. The van der Waals surface area contributed by atoms with Crippen LogP contribution in [0.3, 0.4) is 0 Å². The lowest BCUT2D eigenvalue weighted by molar-refractivity contribution is -0.249. The third-order valence-corrected chi connectivity index (χ3v) is 3.78. The van der Waals surface area contributed by atoms with Crippen molar-refractivity contribution in [2.75, 3.05) is 0 Å². The highest BCUT2D eigenvalue weighted by molar-refractivity contribution is 5.11. The Labute approximate surface area is 118 Å². The molecule has 1 aliphatic heterocycles. The minimum Gasteiger partial charge on any atom is -0.313 e. The summed E-state index contributed by atoms with van der Waals surface area (Å²) in [6.45, 7) is 12.8. The standard InChI is InChI=1S/C10H21NO.C7H8/c1-8-6-9(2,3)11(12)10(4,5)7-8;1-7-5-3-2-4-6-7/h8,12H,6-7H2,1-5H3;2-6H,1H3. The van der Waals surface area contributed by atoms with Gasteiger partial charge in [0.15, 0.2) is 0 Å². The molecule has 0 aromatic heterocycles. The van der Waals surface area contributed by atoms with Crippen LogP contribution in [0.15, 0.2) is 30.3 Å². The molecule has 0 saturated carbocycles. The maximum absolute atomic E-state index is 9.92. The van der Waals surface area contributed by atoms with Crippen LogP contribution in [0, 0.1) is 12.8 Å². The average molecular weight is 263 g/mol. The molecule has 0 aliphatic carbocycles. The van der Waals surface area contributed by atoms with Gasteiger partial charge in [0.25, 0.3) is 0 Å². The van der Waals surface area contributed by atoms with Crippen LogP contribution in [0.2, 0.25) is 0 Å². The second kappa shape index (κ2) is 6.06. The predicted octanol–water partition coefficient (Wildman–Crippen LogP) is 4.66. The fourth-order valence-corrected chi connectivity index (χ4v) is 3.30. The molecular weight excluding hydrogens is 234 g/mol. The van der Waals surface area contributed by atoms with Gasteiger partial charge in [-0.15, -0.1) is 0 Å². The number of benzene rings is 1. The highest BCUT2D eigenvalue weighted by atomic mass is 16.5. The lowest BCUT2D eigenvalue weighted by Crippen LogP contribution is -2.58. The SMILES string of the molecule is CC1CC(C)(C)N(O)C(C)(C)C1.Cc1ccccc1. The highest BCUT2D eigenvalue weighted by Gasteiger charge is 2.43. The number of aryl methyl sites for hydroxylation is 1. The topological polar surface area (TPSA) is 23.5 Å². The van der Waals surface area contributed by atoms with Gasteiger partial charge in [0.2, 0.25) is 0 Å². The fraction of sp³-hybridized carbons (Fsp3) is 0.647. The fourth-order valence-electron chi connectivity index (χ4n) is 3.30. The Morgan fingerprint density at radius 1 is 1.00 bits per heavy atom. The minimum absolute atomic E-state index is 0.0683. The van der Waals surface area contributed by atoms with E-state index in [1.165, 1.54) is 10.6 Å². The number of hydroxylamine groups is 2. The quantitative estimate of drug-likeness (QED) is 0.736. The van der Waals surface area contributed by atoms with Gasteiger partial charge in [-0.05, 0) is 53.4 Å². The zero-order chi connectivity index (χ0) is 14.7. The van der Waals surface area contributed by atoms with Crippen LogP contribution in [0.25, 0.3) is 0 Å². The van der Waals surface area contributed by atoms with E-state index in [9.17, 15) is 5.21 Å². The van der Waals surface area contributed by atoms with E-state index >= 15 is 0 Å². The summed E-state index contributed by atoms with van der Waals surface area (Å²) >= 11 is 0. The number of rotatable bonds is 0. The molecule has 0 amide bonds. The summed E-state index contributed by atoms with van der Waals surface area (Å²) in [6.07, 6.45) is 2.15. The summed E-state index contributed by atoms with van der Waals surface area (Å²) in [6, 6.07) is 10.3. The van der Waals surface area contributed by atoms with Gasteiger partial charge in [-0.1, -0.05) is 42.8 Å². The Morgan fingerprint density at radius 3 is 1.74 bits per heavy atom. The molecule has 1 aromatic rings. The van der Waals surface area contributed by atoms with Crippen LogP contribution in [0.5, 0.6) is 0 Å². The summed E-state index contributed by atoms with van der Waals surface area (Å²) in [7, 11) is 0. The van der Waals surface area contributed by atoms with Gasteiger partial charge in [0.05, 0.1) is 0 Å². The second-order valence-corrected chi connectivity index (χ2v) is 7.10. The summed E-state index contributed by atoms with van der Waals surface area (Å²) in [5.74, 6) is 0.707. The van der Waals surface area contributed by atoms with Crippen molar-refractivity contribution in [3.63, 3.8) is 0 Å². The first-order valence-corrected chi connectivity index (χ1v) is 7.16. The van der Waals surface area contributed by atoms with Crippen LogP contribution >= 0.6 is 0 Å². The Kier molecular flexibility index (Phi) is 5.17. The molecule has 0 spiro atoms. The molecule has 0 bridgehead atoms. The molecule has 1 N–H and O–H groups in total. The van der Waals surface area contributed by atoms with Gasteiger partial charge < -0.3 is 5.21 Å². The molecule has 1 fully saturated rings. The number of piperidine rings is 1. The monoisotopic (exact) mass is 263 g/mol. The minimum atomic E-state index is -0.0683. The van der Waals surface area contributed by atoms with Crippen molar-refractivity contribution in [1.82, 2.24) is 5.06 Å². The van der Waals surface area contributed by atoms with E-state index in [1.54, 1.807) is 0 Å². The smallest absolute Gasteiger partial charge is 0.0413 e. The zero-order valence-electron chi connectivity index (χ0n) is 13.3. The maximum Gasteiger partial charge on any atom is 0.0413 e. The van der Waals surface area contributed by atoms with Crippen molar-refractivity contribution < 1.29 is 5.21 Å². The lowest BCUT2D eigenvalue weighted by Gasteiger charge is -2.50. The largest absolute Gasteiger partial charge is 0.313 e. The first kappa shape index (κ1) is 16.2. The number of hydrogen-bond acceptors (Lipinski definition) is 2. The molecule has 1 aromatic carbocycles. The average Bonchev–Trinajstić information content (AvgIpc) is 2.26. The van der Waals surface area contributed by atoms with Crippen molar-refractivity contribution in [3.8, 4) is 0 Å². The summed E-state index contributed by atoms with van der Waals surface area (Å²) in [4.78, 5) is 0. The number of nitrogens with zero attached hydrogens (tertiary/aromatic N) is 1. The van der Waals surface area contributed by atoms with Crippen LogP contribution in [-0.4, -0.2) is 21.3 Å². The van der Waals surface area contributed by atoms with Crippen molar-refractivity contribution in [2.24, 2.45) is 5.92 Å². The van der Waals surface area contributed by atoms with E-state index < -0.39 is 0 Å². The van der Waals surface area contributed by atoms with Gasteiger partial charge in [-0.2, -0.15) is 5.06 Å². The first-order valence-electron chi connectivity index (χ1n) is 7.16. The number of hydrogen-bond donors (Lipinski definition) is 1. The van der Waals surface area contributed by atoms with Gasteiger partial charge in [0, 0.05) is 11.1 Å². The molecule has 0 unspecified atom stereocenters. The Balaban J connectivity index is 0.000000218. The summed E-state index contributed by atoms with van der Waals surface area (Å²) in [5, 5.41) is 11.4. The molecule has 2 heteroatoms. The summed E-state index contributed by atoms with van der Waals surface area (Å²) in [5.41, 5.74) is 1.19. The molecule has 0 radical (unpaired) electrons. The van der Waals surface area contributed by atoms with Crippen LogP contribution in [-0.2, 0) is 0 Å². The van der Waals surface area contributed by atoms with Crippen LogP contribution in [0.4, 0.5) is 0 Å². The molecule has 2 nitrogen and oxygen atoms in total. The van der Waals surface area contributed by atoms with E-state index in [2.05, 4.69) is 53.7 Å². The summed E-state index contributed by atoms with van der Waals surface area (Å²) < 4.78 is 0. The van der Waals surface area contributed by atoms with Gasteiger partial charge in [-0.25, -0.2) is 0 Å². The molecule has 19 heavy (non-hydrogen) atoms. The second-order valence-electron chi connectivity index (χ2n) is 7.10. The predicted molar refractivity (Wildman–Crippen MR) is 81.4 cm³/mol. The Hall–Kier alpha value is -0.860. The van der Waals surface area contributed by atoms with E-state index in [0.29, 0.717) is 5.92 Å². The molecule has 1 heterocycles. The van der Waals surface area contributed by atoms with Crippen molar-refractivity contribution in [2.45, 2.75) is 65.5 Å². The van der Waals surface area contributed by atoms with Gasteiger partial charge in [-0.3, -0.25) is 0 Å². The molecule has 2 rings (SSSR count). The van der Waals surface area contributed by atoms with Gasteiger partial charge in [0.1, 0.15) is 0 Å². The van der Waals surface area contributed by atoms with Crippen molar-refractivity contribution in [1.29, 1.82) is 0 Å². The van der Waals surface area contributed by atoms with E-state index in [-0.39, 0.29) is 11.1 Å². The third kappa shape index (κ3) is 4.63. The third-order valence-electron chi connectivity index (χ3n) is 3.78. The Bertz CT molecular complexity index is 366. The zero-order valence-corrected chi connectivity index (χ0v) is 13.3. The molecule has 1 aliphatic rings. The Morgan fingerprint density at radius 2 is 1.42 bits per heavy atom. The first-order chi connectivity index (χ1) is 8.65. The highest BCUT2D eigenvalue weighted by Crippen LogP contribution is 2.39. The van der Waals surface area contributed by atoms with Crippen LogP contribution < -0.4 is 0 Å². The van der Waals surface area contributed by atoms with Crippen LogP contribution in [0.1, 0.15) is 53.0 Å². The van der Waals surface area contributed by atoms with Gasteiger partial charge >= 0.3 is 0 Å². The van der Waals surface area contributed by atoms with Crippen molar-refractivity contribution >= 4 is 0 Å². The van der Waals surface area contributed by atoms with E-state index in [0.717, 1.165) is 12.8 Å². The lowest BCUT2D eigenvalue weighted by atomic mass is 9.76. The maximum atomic E-state index is 9.92. The van der Waals surface area contributed by atoms with Crippen molar-refractivity contribution in [3.05, 3.63) is 35.9 Å². The normalized spacial score (nSPS) is 22.5. The van der Waals surface area contributed by atoms with E-state index in [1.807, 2.05) is 18.2 Å². The molecule has 1 saturated heterocycles. The molecule has 0 atom stereocenters. The molecular formula is C17H29NO.